The fourth-order valence-electron chi connectivity index (χ4n) is 2.52. The van der Waals surface area contributed by atoms with Crippen molar-refractivity contribution in [1.29, 1.82) is 0 Å². The standard InChI is InChI=1S/C13H26BrN/c1-3-5-13-6-8-15(9-7-13)11-12(4-2)10-14/h12-13H,3-11H2,1-2H3. The van der Waals surface area contributed by atoms with Crippen molar-refractivity contribution >= 4 is 15.9 Å². The van der Waals surface area contributed by atoms with E-state index in [1.807, 2.05) is 0 Å². The molecule has 0 spiro atoms. The SMILES string of the molecule is CCCC1CCN(CC(CC)CBr)CC1. The van der Waals surface area contributed by atoms with Crippen LogP contribution in [0.4, 0.5) is 0 Å². The summed E-state index contributed by atoms with van der Waals surface area (Å²) in [6, 6.07) is 0. The zero-order valence-corrected chi connectivity index (χ0v) is 11.9. The molecule has 1 unspecified atom stereocenters. The van der Waals surface area contributed by atoms with Crippen molar-refractivity contribution in [3.8, 4) is 0 Å². The van der Waals surface area contributed by atoms with Crippen molar-refractivity contribution in [2.45, 2.75) is 46.0 Å². The maximum absolute atomic E-state index is 3.61. The topological polar surface area (TPSA) is 3.24 Å². The predicted molar refractivity (Wildman–Crippen MR) is 71.6 cm³/mol. The molecule has 1 saturated heterocycles. The Bertz CT molecular complexity index is 149. The monoisotopic (exact) mass is 275 g/mol. The van der Waals surface area contributed by atoms with Crippen LogP contribution in [-0.2, 0) is 0 Å². The Morgan fingerprint density at radius 2 is 1.93 bits per heavy atom. The second kappa shape index (κ2) is 7.67. The summed E-state index contributed by atoms with van der Waals surface area (Å²) in [6.45, 7) is 8.60. The van der Waals surface area contributed by atoms with Crippen molar-refractivity contribution in [1.82, 2.24) is 4.90 Å². The van der Waals surface area contributed by atoms with Crippen LogP contribution in [0, 0.1) is 11.8 Å². The lowest BCUT2D eigenvalue weighted by Crippen LogP contribution is -2.37. The second-order valence-corrected chi connectivity index (χ2v) is 5.61. The van der Waals surface area contributed by atoms with E-state index in [-0.39, 0.29) is 0 Å². The van der Waals surface area contributed by atoms with Gasteiger partial charge in [0.05, 0.1) is 0 Å². The summed E-state index contributed by atoms with van der Waals surface area (Å²) in [6.07, 6.45) is 6.99. The fourth-order valence-corrected chi connectivity index (χ4v) is 3.18. The Kier molecular flexibility index (Phi) is 6.91. The highest BCUT2D eigenvalue weighted by Crippen LogP contribution is 2.22. The van der Waals surface area contributed by atoms with Gasteiger partial charge in [0.1, 0.15) is 0 Å². The molecule has 90 valence electrons. The van der Waals surface area contributed by atoms with Gasteiger partial charge in [-0.15, -0.1) is 0 Å². The highest BCUT2D eigenvalue weighted by Gasteiger charge is 2.19. The third-order valence-electron chi connectivity index (χ3n) is 3.72. The van der Waals surface area contributed by atoms with E-state index in [0.717, 1.165) is 11.8 Å². The summed E-state index contributed by atoms with van der Waals surface area (Å²) in [5.41, 5.74) is 0. The number of likely N-dealkylation sites (tertiary alicyclic amines) is 1. The molecule has 0 aliphatic carbocycles. The van der Waals surface area contributed by atoms with Crippen LogP contribution in [0.1, 0.15) is 46.0 Å². The van der Waals surface area contributed by atoms with Crippen molar-refractivity contribution < 1.29 is 0 Å². The quantitative estimate of drug-likeness (QED) is 0.665. The van der Waals surface area contributed by atoms with E-state index in [1.54, 1.807) is 0 Å². The van der Waals surface area contributed by atoms with E-state index in [0.29, 0.717) is 0 Å². The minimum Gasteiger partial charge on any atom is -0.303 e. The summed E-state index contributed by atoms with van der Waals surface area (Å²) < 4.78 is 0. The largest absolute Gasteiger partial charge is 0.303 e. The lowest BCUT2D eigenvalue weighted by molar-refractivity contribution is 0.159. The molecule has 1 atom stereocenters. The molecule has 0 bridgehead atoms. The molecule has 0 aromatic carbocycles. The van der Waals surface area contributed by atoms with Crippen LogP contribution in [0.25, 0.3) is 0 Å². The van der Waals surface area contributed by atoms with Gasteiger partial charge >= 0.3 is 0 Å². The molecule has 0 saturated carbocycles. The summed E-state index contributed by atoms with van der Waals surface area (Å²) >= 11 is 3.61. The third-order valence-corrected chi connectivity index (χ3v) is 4.63. The molecule has 15 heavy (non-hydrogen) atoms. The Morgan fingerprint density at radius 3 is 2.40 bits per heavy atom. The van der Waals surface area contributed by atoms with E-state index >= 15 is 0 Å². The van der Waals surface area contributed by atoms with E-state index < -0.39 is 0 Å². The first-order chi connectivity index (χ1) is 7.30. The molecule has 1 rings (SSSR count). The van der Waals surface area contributed by atoms with Gasteiger partial charge in [0.25, 0.3) is 0 Å². The third kappa shape index (κ3) is 4.86. The van der Waals surface area contributed by atoms with Gasteiger partial charge in [0.2, 0.25) is 0 Å². The molecule has 1 fully saturated rings. The van der Waals surface area contributed by atoms with Crippen LogP contribution >= 0.6 is 15.9 Å². The average Bonchev–Trinajstić information content (AvgIpc) is 2.28. The highest BCUT2D eigenvalue weighted by molar-refractivity contribution is 9.09. The first-order valence-corrected chi connectivity index (χ1v) is 7.70. The molecule has 1 aliphatic rings. The van der Waals surface area contributed by atoms with Gasteiger partial charge in [-0.05, 0) is 37.8 Å². The maximum Gasteiger partial charge on any atom is 0.00717 e. The van der Waals surface area contributed by atoms with Gasteiger partial charge in [-0.2, -0.15) is 0 Å². The Labute approximate surface area is 104 Å². The van der Waals surface area contributed by atoms with Gasteiger partial charge in [0, 0.05) is 11.9 Å². The van der Waals surface area contributed by atoms with E-state index in [1.165, 1.54) is 57.1 Å². The van der Waals surface area contributed by atoms with Gasteiger partial charge < -0.3 is 4.90 Å². The molecule has 2 heteroatoms. The molecule has 0 aromatic rings. The summed E-state index contributed by atoms with van der Waals surface area (Å²) in [5.74, 6) is 1.88. The van der Waals surface area contributed by atoms with Crippen LogP contribution in [0.2, 0.25) is 0 Å². The number of halogens is 1. The minimum absolute atomic E-state index is 0.854. The highest BCUT2D eigenvalue weighted by atomic mass is 79.9. The molecule has 1 heterocycles. The number of hydrogen-bond donors (Lipinski definition) is 0. The second-order valence-electron chi connectivity index (χ2n) is 4.96. The smallest absolute Gasteiger partial charge is 0.00717 e. The first kappa shape index (κ1) is 13.5. The zero-order chi connectivity index (χ0) is 11.1. The summed E-state index contributed by atoms with van der Waals surface area (Å²) in [7, 11) is 0. The van der Waals surface area contributed by atoms with Gasteiger partial charge in [0.15, 0.2) is 0 Å². The Balaban J connectivity index is 2.19. The molecular formula is C13H26BrN. The summed E-state index contributed by atoms with van der Waals surface area (Å²) in [5, 5.41) is 1.17. The normalized spacial score (nSPS) is 21.8. The number of hydrogen-bond acceptors (Lipinski definition) is 1. The average molecular weight is 276 g/mol. The van der Waals surface area contributed by atoms with Crippen molar-refractivity contribution in [2.75, 3.05) is 25.0 Å². The zero-order valence-electron chi connectivity index (χ0n) is 10.3. The molecule has 1 nitrogen and oxygen atoms in total. The van der Waals surface area contributed by atoms with Crippen LogP contribution in [0.5, 0.6) is 0 Å². The van der Waals surface area contributed by atoms with Crippen molar-refractivity contribution in [3.63, 3.8) is 0 Å². The van der Waals surface area contributed by atoms with Crippen LogP contribution < -0.4 is 0 Å². The van der Waals surface area contributed by atoms with Gasteiger partial charge in [-0.1, -0.05) is 49.0 Å². The molecule has 0 radical (unpaired) electrons. The van der Waals surface area contributed by atoms with Crippen LogP contribution in [0.15, 0.2) is 0 Å². The molecular weight excluding hydrogens is 250 g/mol. The van der Waals surface area contributed by atoms with Crippen LogP contribution in [-0.4, -0.2) is 29.9 Å². The Hall–Kier alpha value is 0.440. The predicted octanol–water partition coefficient (Wildman–Crippen LogP) is 3.92. The lowest BCUT2D eigenvalue weighted by atomic mass is 9.92. The van der Waals surface area contributed by atoms with Crippen molar-refractivity contribution in [2.24, 2.45) is 11.8 Å². The fraction of sp³-hybridized carbons (Fsp3) is 1.00. The minimum atomic E-state index is 0.854. The van der Waals surface area contributed by atoms with Crippen molar-refractivity contribution in [3.05, 3.63) is 0 Å². The first-order valence-electron chi connectivity index (χ1n) is 6.58. The van der Waals surface area contributed by atoms with E-state index in [2.05, 4.69) is 34.7 Å². The maximum atomic E-state index is 3.61. The Morgan fingerprint density at radius 1 is 1.27 bits per heavy atom. The van der Waals surface area contributed by atoms with E-state index in [4.69, 9.17) is 0 Å². The van der Waals surface area contributed by atoms with E-state index in [9.17, 15) is 0 Å². The molecule has 0 aromatic heterocycles. The van der Waals surface area contributed by atoms with Gasteiger partial charge in [-0.3, -0.25) is 0 Å². The number of piperidine rings is 1. The molecule has 0 amide bonds. The number of rotatable bonds is 6. The number of alkyl halides is 1. The van der Waals surface area contributed by atoms with Crippen LogP contribution in [0.3, 0.4) is 0 Å². The van der Waals surface area contributed by atoms with Gasteiger partial charge in [-0.25, -0.2) is 0 Å². The summed E-state index contributed by atoms with van der Waals surface area (Å²) in [4.78, 5) is 2.67. The number of nitrogens with zero attached hydrogens (tertiary/aromatic N) is 1. The molecule has 1 aliphatic heterocycles. The molecule has 0 N–H and O–H groups in total. The lowest BCUT2D eigenvalue weighted by Gasteiger charge is -2.33.